The van der Waals surface area contributed by atoms with Crippen LogP contribution >= 0.6 is 0 Å². The van der Waals surface area contributed by atoms with Gasteiger partial charge < -0.3 is 10.6 Å². The minimum atomic E-state index is 0.307. The Bertz CT molecular complexity index is 470. The highest BCUT2D eigenvalue weighted by molar-refractivity contribution is 5.19. The van der Waals surface area contributed by atoms with Crippen LogP contribution in [0.5, 0.6) is 0 Å². The molecule has 0 bridgehead atoms. The molecule has 2 aromatic carbocycles. The standard InChI is InChI=1S/C18H22N2/c1-15(17-9-5-3-6-10-17)19-13-14-20-16(2)18-11-7-4-8-12-18/h3-16,19-20H,1-2H3. The van der Waals surface area contributed by atoms with Crippen LogP contribution in [0.3, 0.4) is 0 Å². The molecule has 0 aliphatic heterocycles. The fourth-order valence-corrected chi connectivity index (χ4v) is 2.06. The summed E-state index contributed by atoms with van der Waals surface area (Å²) >= 11 is 0. The topological polar surface area (TPSA) is 24.1 Å². The lowest BCUT2D eigenvalue weighted by molar-refractivity contribution is 0.656. The van der Waals surface area contributed by atoms with Gasteiger partial charge in [0, 0.05) is 24.5 Å². The Morgan fingerprint density at radius 2 is 1.00 bits per heavy atom. The molecule has 2 atom stereocenters. The van der Waals surface area contributed by atoms with E-state index in [-0.39, 0.29) is 0 Å². The molecule has 2 heteroatoms. The molecule has 20 heavy (non-hydrogen) atoms. The lowest BCUT2D eigenvalue weighted by Crippen LogP contribution is -2.15. The van der Waals surface area contributed by atoms with Gasteiger partial charge in [-0.2, -0.15) is 0 Å². The number of nitrogens with one attached hydrogen (secondary N) is 2. The summed E-state index contributed by atoms with van der Waals surface area (Å²) in [7, 11) is 0. The fourth-order valence-electron chi connectivity index (χ4n) is 2.06. The first kappa shape index (κ1) is 14.2. The SMILES string of the molecule is CC(NC=CNC(C)c1ccccc1)c1ccccc1. The van der Waals surface area contributed by atoms with Gasteiger partial charge in [-0.05, 0) is 25.0 Å². The van der Waals surface area contributed by atoms with Crippen molar-refractivity contribution in [3.05, 3.63) is 84.2 Å². The van der Waals surface area contributed by atoms with Gasteiger partial charge in [-0.15, -0.1) is 0 Å². The van der Waals surface area contributed by atoms with Gasteiger partial charge in [-0.3, -0.25) is 0 Å². The summed E-state index contributed by atoms with van der Waals surface area (Å²) in [6.07, 6.45) is 3.94. The first-order valence-electron chi connectivity index (χ1n) is 7.04. The highest BCUT2D eigenvalue weighted by Crippen LogP contribution is 2.12. The molecule has 0 saturated heterocycles. The van der Waals surface area contributed by atoms with E-state index in [1.807, 2.05) is 24.5 Å². The number of rotatable bonds is 6. The van der Waals surface area contributed by atoms with E-state index in [2.05, 4.69) is 73.0 Å². The third kappa shape index (κ3) is 4.16. The Balaban J connectivity index is 1.80. The zero-order valence-electron chi connectivity index (χ0n) is 12.1. The zero-order chi connectivity index (χ0) is 14.2. The average Bonchev–Trinajstić information content (AvgIpc) is 2.53. The van der Waals surface area contributed by atoms with E-state index in [0.29, 0.717) is 12.1 Å². The van der Waals surface area contributed by atoms with Crippen molar-refractivity contribution in [2.75, 3.05) is 0 Å². The van der Waals surface area contributed by atoms with Crippen molar-refractivity contribution >= 4 is 0 Å². The third-order valence-electron chi connectivity index (χ3n) is 3.37. The summed E-state index contributed by atoms with van der Waals surface area (Å²) in [6.45, 7) is 4.31. The molecule has 0 spiro atoms. The van der Waals surface area contributed by atoms with Crippen LogP contribution in [0.2, 0.25) is 0 Å². The predicted octanol–water partition coefficient (Wildman–Crippen LogP) is 4.16. The van der Waals surface area contributed by atoms with Gasteiger partial charge in [0.25, 0.3) is 0 Å². The zero-order valence-corrected chi connectivity index (χ0v) is 12.1. The summed E-state index contributed by atoms with van der Waals surface area (Å²) in [6, 6.07) is 21.5. The molecular weight excluding hydrogens is 244 g/mol. The number of benzene rings is 2. The molecule has 0 aromatic heterocycles. The fraction of sp³-hybridized carbons (Fsp3) is 0.222. The summed E-state index contributed by atoms with van der Waals surface area (Å²) in [4.78, 5) is 0. The van der Waals surface area contributed by atoms with E-state index in [1.54, 1.807) is 0 Å². The summed E-state index contributed by atoms with van der Waals surface area (Å²) in [5, 5.41) is 6.73. The summed E-state index contributed by atoms with van der Waals surface area (Å²) < 4.78 is 0. The molecule has 0 radical (unpaired) electrons. The average molecular weight is 266 g/mol. The molecule has 0 heterocycles. The molecule has 2 rings (SSSR count). The van der Waals surface area contributed by atoms with Crippen LogP contribution in [0.25, 0.3) is 0 Å². The van der Waals surface area contributed by atoms with E-state index < -0.39 is 0 Å². The van der Waals surface area contributed by atoms with Crippen molar-refractivity contribution in [3.8, 4) is 0 Å². The van der Waals surface area contributed by atoms with E-state index in [4.69, 9.17) is 0 Å². The minimum absolute atomic E-state index is 0.307. The second kappa shape index (κ2) is 7.39. The maximum atomic E-state index is 3.36. The molecule has 0 saturated carbocycles. The molecule has 2 N–H and O–H groups in total. The Kier molecular flexibility index (Phi) is 5.24. The van der Waals surface area contributed by atoms with Gasteiger partial charge in [0.2, 0.25) is 0 Å². The lowest BCUT2D eigenvalue weighted by Gasteiger charge is -2.14. The normalized spacial score (nSPS) is 13.9. The third-order valence-corrected chi connectivity index (χ3v) is 3.37. The first-order chi connectivity index (χ1) is 9.77. The largest absolute Gasteiger partial charge is 0.383 e. The second-order valence-electron chi connectivity index (χ2n) is 4.93. The van der Waals surface area contributed by atoms with Gasteiger partial charge in [0.15, 0.2) is 0 Å². The van der Waals surface area contributed by atoms with E-state index in [1.165, 1.54) is 11.1 Å². The van der Waals surface area contributed by atoms with E-state index in [0.717, 1.165) is 0 Å². The monoisotopic (exact) mass is 266 g/mol. The lowest BCUT2D eigenvalue weighted by atomic mass is 10.1. The van der Waals surface area contributed by atoms with Gasteiger partial charge in [0.05, 0.1) is 0 Å². The Morgan fingerprint density at radius 1 is 0.650 bits per heavy atom. The van der Waals surface area contributed by atoms with E-state index in [9.17, 15) is 0 Å². The molecule has 0 fully saturated rings. The molecule has 0 aliphatic rings. The summed E-state index contributed by atoms with van der Waals surface area (Å²) in [5.74, 6) is 0. The van der Waals surface area contributed by atoms with Crippen LogP contribution in [-0.4, -0.2) is 0 Å². The molecule has 0 amide bonds. The maximum absolute atomic E-state index is 3.36. The molecule has 2 nitrogen and oxygen atoms in total. The molecule has 104 valence electrons. The second-order valence-corrected chi connectivity index (χ2v) is 4.93. The van der Waals surface area contributed by atoms with Crippen LogP contribution in [0, 0.1) is 0 Å². The van der Waals surface area contributed by atoms with Crippen LogP contribution in [0.1, 0.15) is 37.1 Å². The van der Waals surface area contributed by atoms with Gasteiger partial charge in [0.1, 0.15) is 0 Å². The van der Waals surface area contributed by atoms with Crippen molar-refractivity contribution in [1.82, 2.24) is 10.6 Å². The summed E-state index contributed by atoms with van der Waals surface area (Å²) in [5.41, 5.74) is 2.57. The highest BCUT2D eigenvalue weighted by Gasteiger charge is 2.01. The molecule has 2 unspecified atom stereocenters. The van der Waals surface area contributed by atoms with Gasteiger partial charge in [-0.25, -0.2) is 0 Å². The Morgan fingerprint density at radius 3 is 1.35 bits per heavy atom. The van der Waals surface area contributed by atoms with Crippen molar-refractivity contribution in [2.45, 2.75) is 25.9 Å². The highest BCUT2D eigenvalue weighted by atomic mass is 14.9. The van der Waals surface area contributed by atoms with Crippen LogP contribution in [0.15, 0.2) is 73.1 Å². The predicted molar refractivity (Wildman–Crippen MR) is 85.1 cm³/mol. The Labute approximate surface area is 121 Å². The van der Waals surface area contributed by atoms with Gasteiger partial charge >= 0.3 is 0 Å². The van der Waals surface area contributed by atoms with Crippen LogP contribution in [0.4, 0.5) is 0 Å². The minimum Gasteiger partial charge on any atom is -0.383 e. The van der Waals surface area contributed by atoms with E-state index >= 15 is 0 Å². The maximum Gasteiger partial charge on any atom is 0.0480 e. The van der Waals surface area contributed by atoms with Crippen molar-refractivity contribution in [3.63, 3.8) is 0 Å². The number of hydrogen-bond acceptors (Lipinski definition) is 2. The smallest absolute Gasteiger partial charge is 0.0480 e. The number of hydrogen-bond donors (Lipinski definition) is 2. The molecule has 0 aliphatic carbocycles. The van der Waals surface area contributed by atoms with Crippen LogP contribution < -0.4 is 10.6 Å². The van der Waals surface area contributed by atoms with Crippen LogP contribution in [-0.2, 0) is 0 Å². The quantitative estimate of drug-likeness (QED) is 0.820. The molecular formula is C18H22N2. The molecule has 2 aromatic rings. The van der Waals surface area contributed by atoms with Crippen molar-refractivity contribution in [2.24, 2.45) is 0 Å². The van der Waals surface area contributed by atoms with Gasteiger partial charge in [-0.1, -0.05) is 60.7 Å². The Hall–Kier alpha value is -2.22. The van der Waals surface area contributed by atoms with Crippen molar-refractivity contribution in [1.29, 1.82) is 0 Å². The van der Waals surface area contributed by atoms with Crippen molar-refractivity contribution < 1.29 is 0 Å². The first-order valence-corrected chi connectivity index (χ1v) is 7.04.